The molecule has 8 heteroatoms. The highest BCUT2D eigenvalue weighted by atomic mass is 127. The predicted molar refractivity (Wildman–Crippen MR) is 116 cm³/mol. The summed E-state index contributed by atoms with van der Waals surface area (Å²) in [6, 6.07) is 4.18. The van der Waals surface area contributed by atoms with Gasteiger partial charge in [-0.25, -0.2) is 0 Å². The zero-order chi connectivity index (χ0) is 18.6. The summed E-state index contributed by atoms with van der Waals surface area (Å²) < 4.78 is 15.6. The van der Waals surface area contributed by atoms with Gasteiger partial charge in [-0.1, -0.05) is 0 Å². The van der Waals surface area contributed by atoms with Crippen molar-refractivity contribution in [2.24, 2.45) is 10.9 Å². The van der Waals surface area contributed by atoms with E-state index in [1.807, 2.05) is 19.1 Å². The maximum Gasteiger partial charge on any atom is 0.308 e. The first-order chi connectivity index (χ1) is 12.7. The van der Waals surface area contributed by atoms with E-state index >= 15 is 0 Å². The van der Waals surface area contributed by atoms with Crippen molar-refractivity contribution in [3.05, 3.63) is 24.2 Å². The summed E-state index contributed by atoms with van der Waals surface area (Å²) in [4.78, 5) is 16.4. The summed E-state index contributed by atoms with van der Waals surface area (Å²) in [6.45, 7) is 4.23. The van der Waals surface area contributed by atoms with E-state index in [4.69, 9.17) is 13.9 Å². The minimum Gasteiger partial charge on any atom is -0.469 e. The number of aliphatic imine (C=N–C) groups is 1. The first kappa shape index (κ1) is 23.7. The Bertz CT molecular complexity index is 543. The molecule has 0 bridgehead atoms. The summed E-state index contributed by atoms with van der Waals surface area (Å²) in [5, 5.41) is 6.84. The highest BCUT2D eigenvalue weighted by molar-refractivity contribution is 14.0. The number of methoxy groups -OCH3 is 1. The molecular formula is C19H32IN3O4. The van der Waals surface area contributed by atoms with Crippen molar-refractivity contribution in [3.63, 3.8) is 0 Å². The Morgan fingerprint density at radius 3 is 2.74 bits per heavy atom. The number of guanidine groups is 1. The van der Waals surface area contributed by atoms with Crippen molar-refractivity contribution >= 4 is 35.9 Å². The van der Waals surface area contributed by atoms with Crippen LogP contribution in [0.5, 0.6) is 0 Å². The summed E-state index contributed by atoms with van der Waals surface area (Å²) in [6.07, 6.45) is 6.07. The molecule has 27 heavy (non-hydrogen) atoms. The van der Waals surface area contributed by atoms with Crippen LogP contribution in [0.25, 0.3) is 0 Å². The highest BCUT2D eigenvalue weighted by Gasteiger charge is 2.27. The van der Waals surface area contributed by atoms with Crippen molar-refractivity contribution in [2.45, 2.75) is 45.1 Å². The fourth-order valence-corrected chi connectivity index (χ4v) is 3.09. The number of hydrogen-bond donors (Lipinski definition) is 2. The first-order valence-electron chi connectivity index (χ1n) is 9.45. The van der Waals surface area contributed by atoms with Crippen LogP contribution in [0.1, 0.15) is 38.4 Å². The van der Waals surface area contributed by atoms with Gasteiger partial charge < -0.3 is 24.5 Å². The van der Waals surface area contributed by atoms with E-state index in [1.54, 1.807) is 13.4 Å². The molecule has 1 saturated carbocycles. The number of carbonyl (C=O) groups is 1. The number of esters is 1. The van der Waals surface area contributed by atoms with Gasteiger partial charge in [0, 0.05) is 26.1 Å². The lowest BCUT2D eigenvalue weighted by Gasteiger charge is -2.29. The molecular weight excluding hydrogens is 461 g/mol. The molecule has 0 saturated heterocycles. The van der Waals surface area contributed by atoms with Gasteiger partial charge in [0.05, 0.1) is 31.9 Å². The third kappa shape index (κ3) is 8.96. The highest BCUT2D eigenvalue weighted by Crippen LogP contribution is 2.25. The Balaban J connectivity index is 0.00000364. The molecule has 1 aromatic rings. The molecule has 0 atom stereocenters. The fourth-order valence-electron chi connectivity index (χ4n) is 3.09. The number of ether oxygens (including phenoxy) is 2. The van der Waals surface area contributed by atoms with Crippen LogP contribution in [0.4, 0.5) is 0 Å². The minimum atomic E-state index is -0.0588. The monoisotopic (exact) mass is 493 g/mol. The second kappa shape index (κ2) is 13.8. The molecule has 2 rings (SSSR count). The maximum atomic E-state index is 11.9. The van der Waals surface area contributed by atoms with Crippen LogP contribution in [0, 0.1) is 5.92 Å². The lowest BCUT2D eigenvalue weighted by Crippen LogP contribution is -2.46. The average molecular weight is 493 g/mol. The quantitative estimate of drug-likeness (QED) is 0.181. The van der Waals surface area contributed by atoms with Crippen molar-refractivity contribution in [1.29, 1.82) is 0 Å². The van der Waals surface area contributed by atoms with Crippen LogP contribution >= 0.6 is 24.0 Å². The molecule has 1 fully saturated rings. The van der Waals surface area contributed by atoms with E-state index in [-0.39, 0.29) is 35.9 Å². The summed E-state index contributed by atoms with van der Waals surface area (Å²) >= 11 is 0. The van der Waals surface area contributed by atoms with Gasteiger partial charge in [0.15, 0.2) is 5.96 Å². The topological polar surface area (TPSA) is 85.1 Å². The Kier molecular flexibility index (Phi) is 12.2. The molecule has 0 amide bonds. The lowest BCUT2D eigenvalue weighted by molar-refractivity contribution is -0.149. The molecule has 0 spiro atoms. The van der Waals surface area contributed by atoms with E-state index < -0.39 is 0 Å². The Morgan fingerprint density at radius 1 is 1.33 bits per heavy atom. The Morgan fingerprint density at radius 2 is 2.11 bits per heavy atom. The summed E-state index contributed by atoms with van der Waals surface area (Å²) in [5.74, 6) is 1.71. The van der Waals surface area contributed by atoms with Crippen LogP contribution in [-0.4, -0.2) is 51.4 Å². The third-order valence-electron chi connectivity index (χ3n) is 4.50. The number of carbonyl (C=O) groups excluding carboxylic acids is 1. The predicted octanol–water partition coefficient (Wildman–Crippen LogP) is 2.74. The van der Waals surface area contributed by atoms with Crippen molar-refractivity contribution in [1.82, 2.24) is 10.6 Å². The molecule has 1 heterocycles. The molecule has 154 valence electrons. The van der Waals surface area contributed by atoms with Crippen LogP contribution in [0.2, 0.25) is 0 Å². The molecule has 0 radical (unpaired) electrons. The van der Waals surface area contributed by atoms with Crippen molar-refractivity contribution in [2.75, 3.05) is 33.4 Å². The molecule has 0 aliphatic heterocycles. The molecule has 1 aliphatic carbocycles. The van der Waals surface area contributed by atoms with Gasteiger partial charge in [0.2, 0.25) is 0 Å². The number of halogens is 1. The van der Waals surface area contributed by atoms with Crippen molar-refractivity contribution in [3.8, 4) is 0 Å². The number of hydrogen-bond acceptors (Lipinski definition) is 5. The van der Waals surface area contributed by atoms with Gasteiger partial charge in [-0.05, 0) is 44.7 Å². The lowest BCUT2D eigenvalue weighted by atomic mass is 9.86. The third-order valence-corrected chi connectivity index (χ3v) is 4.50. The van der Waals surface area contributed by atoms with Crippen LogP contribution in [0.15, 0.2) is 27.8 Å². The molecule has 0 unspecified atom stereocenters. The Hall–Kier alpha value is -1.29. The van der Waals surface area contributed by atoms with Crippen LogP contribution in [0.3, 0.4) is 0 Å². The normalized spacial score (nSPS) is 19.9. The van der Waals surface area contributed by atoms with Crippen molar-refractivity contribution < 1.29 is 18.7 Å². The van der Waals surface area contributed by atoms with Crippen LogP contribution < -0.4 is 10.6 Å². The maximum absolute atomic E-state index is 11.9. The number of furan rings is 1. The fraction of sp³-hybridized carbons (Fsp3) is 0.684. The average Bonchev–Trinajstić information content (AvgIpc) is 3.16. The van der Waals surface area contributed by atoms with Gasteiger partial charge in [0.1, 0.15) is 5.76 Å². The van der Waals surface area contributed by atoms with E-state index in [0.717, 1.165) is 50.4 Å². The zero-order valence-electron chi connectivity index (χ0n) is 16.2. The van der Waals surface area contributed by atoms with E-state index in [2.05, 4.69) is 15.6 Å². The number of nitrogens with zero attached hydrogens (tertiary/aromatic N) is 1. The van der Waals surface area contributed by atoms with Gasteiger partial charge >= 0.3 is 5.97 Å². The first-order valence-corrected chi connectivity index (χ1v) is 9.45. The van der Waals surface area contributed by atoms with Gasteiger partial charge in [-0.15, -0.1) is 24.0 Å². The summed E-state index contributed by atoms with van der Waals surface area (Å²) in [7, 11) is 1.67. The molecule has 7 nitrogen and oxygen atoms in total. The molecule has 1 aliphatic rings. The van der Waals surface area contributed by atoms with Gasteiger partial charge in [0.25, 0.3) is 0 Å². The van der Waals surface area contributed by atoms with E-state index in [9.17, 15) is 4.79 Å². The smallest absolute Gasteiger partial charge is 0.308 e. The minimum absolute atomic E-state index is 0. The second-order valence-electron chi connectivity index (χ2n) is 6.42. The second-order valence-corrected chi connectivity index (χ2v) is 6.42. The Labute approximate surface area is 178 Å². The SMILES string of the molecule is CCOC(=O)C1CCC(NC(=NCCOC)NCCc2ccco2)CC1.I. The molecule has 2 N–H and O–H groups in total. The zero-order valence-corrected chi connectivity index (χ0v) is 18.6. The van der Waals surface area contributed by atoms with Gasteiger partial charge in [-0.3, -0.25) is 9.79 Å². The number of rotatable bonds is 9. The van der Waals surface area contributed by atoms with E-state index in [1.165, 1.54) is 0 Å². The summed E-state index contributed by atoms with van der Waals surface area (Å²) in [5.41, 5.74) is 0. The molecule has 0 aromatic carbocycles. The van der Waals surface area contributed by atoms with E-state index in [0.29, 0.717) is 25.8 Å². The number of nitrogens with one attached hydrogen (secondary N) is 2. The standard InChI is InChI=1S/C19H31N3O4.HI/c1-3-25-18(23)15-6-8-16(9-7-15)22-19(21-12-14-24-2)20-11-10-17-5-4-13-26-17;/h4-5,13,15-16H,3,6-12,14H2,1-2H3,(H2,20,21,22);1H. The van der Waals surface area contributed by atoms with Crippen LogP contribution in [-0.2, 0) is 20.7 Å². The largest absolute Gasteiger partial charge is 0.469 e. The molecule has 1 aromatic heterocycles. The van der Waals surface area contributed by atoms with Gasteiger partial charge in [-0.2, -0.15) is 0 Å².